The van der Waals surface area contributed by atoms with Gasteiger partial charge in [-0.3, -0.25) is 0 Å². The first-order valence-electron chi connectivity index (χ1n) is 13.4. The Bertz CT molecular complexity index is 748. The molecule has 6 aliphatic rings. The summed E-state index contributed by atoms with van der Waals surface area (Å²) in [6.07, 6.45) is 6.22. The maximum atomic E-state index is 11.3. The molecule has 182 valence electrons. The standard InChI is InChI=1S/C27H44O5/c1-14-5-8-27(31-13-14)15(2)24-23(32-27)11-18-16-9-20(28)19-10-21(29)22(30)12-26(19,4)17(16)6-7-25(18,24)3/h14-24,28-30H,5-13H2,1-4H3/t14-,15+,16?,17?,18?,19-,20-,21-,22+,23?,24?,25+,26-,27-/m1/s1. The van der Waals surface area contributed by atoms with E-state index in [4.69, 9.17) is 9.47 Å². The molecular weight excluding hydrogens is 404 g/mol. The van der Waals surface area contributed by atoms with Gasteiger partial charge in [-0.15, -0.1) is 0 Å². The number of ether oxygens (including phenoxy) is 2. The molecule has 0 aromatic heterocycles. The van der Waals surface area contributed by atoms with Gasteiger partial charge in [-0.05, 0) is 91.3 Å². The average molecular weight is 449 g/mol. The zero-order chi connectivity index (χ0) is 22.6. The lowest BCUT2D eigenvalue weighted by atomic mass is 9.43. The van der Waals surface area contributed by atoms with Crippen molar-refractivity contribution in [2.75, 3.05) is 6.61 Å². The Labute approximate surface area is 193 Å². The summed E-state index contributed by atoms with van der Waals surface area (Å²) in [4.78, 5) is 0. The summed E-state index contributed by atoms with van der Waals surface area (Å²) in [5, 5.41) is 32.1. The number of aliphatic hydroxyl groups is 3. The minimum atomic E-state index is -0.692. The summed E-state index contributed by atoms with van der Waals surface area (Å²) in [5.74, 6) is 2.86. The predicted molar refractivity (Wildman–Crippen MR) is 121 cm³/mol. The van der Waals surface area contributed by atoms with Crippen LogP contribution >= 0.6 is 0 Å². The van der Waals surface area contributed by atoms with E-state index in [1.807, 2.05) is 0 Å². The molecule has 6 rings (SSSR count). The summed E-state index contributed by atoms with van der Waals surface area (Å²) in [5.41, 5.74) is 0.146. The van der Waals surface area contributed by atoms with E-state index in [9.17, 15) is 15.3 Å². The maximum absolute atomic E-state index is 11.3. The van der Waals surface area contributed by atoms with Crippen LogP contribution in [0, 0.1) is 52.3 Å². The Morgan fingerprint density at radius 3 is 2.28 bits per heavy atom. The van der Waals surface area contributed by atoms with Crippen molar-refractivity contribution in [2.45, 2.75) is 109 Å². The van der Waals surface area contributed by atoms with Crippen LogP contribution in [0.3, 0.4) is 0 Å². The summed E-state index contributed by atoms with van der Waals surface area (Å²) in [7, 11) is 0. The van der Waals surface area contributed by atoms with Gasteiger partial charge in [0, 0.05) is 12.3 Å². The number of hydrogen-bond acceptors (Lipinski definition) is 5. The van der Waals surface area contributed by atoms with E-state index in [-0.39, 0.29) is 34.7 Å². The van der Waals surface area contributed by atoms with Crippen LogP contribution in [0.4, 0.5) is 0 Å². The third-order valence-corrected chi connectivity index (χ3v) is 12.0. The topological polar surface area (TPSA) is 79.2 Å². The third-order valence-electron chi connectivity index (χ3n) is 12.0. The Hall–Kier alpha value is -0.200. The van der Waals surface area contributed by atoms with Crippen molar-refractivity contribution in [3.63, 3.8) is 0 Å². The molecule has 5 nitrogen and oxygen atoms in total. The summed E-state index contributed by atoms with van der Waals surface area (Å²) >= 11 is 0. The fraction of sp³-hybridized carbons (Fsp3) is 1.00. The van der Waals surface area contributed by atoms with Gasteiger partial charge in [0.1, 0.15) is 0 Å². The van der Waals surface area contributed by atoms with Crippen LogP contribution < -0.4 is 0 Å². The van der Waals surface area contributed by atoms with Crippen molar-refractivity contribution >= 4 is 0 Å². The van der Waals surface area contributed by atoms with E-state index < -0.39 is 12.2 Å². The molecule has 4 aliphatic carbocycles. The van der Waals surface area contributed by atoms with Crippen LogP contribution in [0.2, 0.25) is 0 Å². The van der Waals surface area contributed by atoms with Crippen LogP contribution in [0.15, 0.2) is 0 Å². The van der Waals surface area contributed by atoms with Crippen LogP contribution in [-0.4, -0.2) is 52.1 Å². The van der Waals surface area contributed by atoms with E-state index in [1.165, 1.54) is 19.3 Å². The first kappa shape index (κ1) is 22.3. The molecule has 2 heterocycles. The molecule has 6 fully saturated rings. The van der Waals surface area contributed by atoms with E-state index in [1.54, 1.807) is 0 Å². The second-order valence-corrected chi connectivity index (χ2v) is 13.4. The first-order chi connectivity index (χ1) is 15.1. The highest BCUT2D eigenvalue weighted by Crippen LogP contribution is 2.71. The van der Waals surface area contributed by atoms with Gasteiger partial charge >= 0.3 is 0 Å². The highest BCUT2D eigenvalue weighted by Gasteiger charge is 2.70. The Balaban J connectivity index is 1.28. The lowest BCUT2D eigenvalue weighted by molar-refractivity contribution is -0.273. The monoisotopic (exact) mass is 448 g/mol. The molecule has 5 unspecified atom stereocenters. The highest BCUT2D eigenvalue weighted by molar-refractivity contribution is 5.16. The Morgan fingerprint density at radius 1 is 0.781 bits per heavy atom. The quantitative estimate of drug-likeness (QED) is 0.526. The van der Waals surface area contributed by atoms with E-state index in [0.29, 0.717) is 48.3 Å². The minimum absolute atomic E-state index is 0.0870. The number of rotatable bonds is 0. The van der Waals surface area contributed by atoms with Crippen molar-refractivity contribution in [1.82, 2.24) is 0 Å². The SMILES string of the molecule is C[C@@H]1CC[C@@]2(OC1)OC1CC3C4C[C@@H](O)[C@H]5C[C@@H](O)[C@@H](O)C[C@]5(C)C4CC[C@]3(C)C1[C@@H]2C. The predicted octanol–water partition coefficient (Wildman–Crippen LogP) is 3.74. The molecule has 0 aromatic carbocycles. The summed E-state index contributed by atoms with van der Waals surface area (Å²) in [6, 6.07) is 0. The highest BCUT2D eigenvalue weighted by atomic mass is 16.7. The lowest BCUT2D eigenvalue weighted by Crippen LogP contribution is -2.61. The zero-order valence-corrected chi connectivity index (χ0v) is 20.4. The average Bonchev–Trinajstić information content (AvgIpc) is 3.18. The second kappa shape index (κ2) is 7.16. The molecule has 3 N–H and O–H groups in total. The number of aliphatic hydroxyl groups excluding tert-OH is 3. The molecule has 2 aliphatic heterocycles. The second-order valence-electron chi connectivity index (χ2n) is 13.4. The lowest BCUT2D eigenvalue weighted by Gasteiger charge is -2.62. The number of fused-ring (bicyclic) bond motifs is 7. The fourth-order valence-electron chi connectivity index (χ4n) is 10.3. The van der Waals surface area contributed by atoms with Gasteiger partial charge in [0.05, 0.1) is 31.0 Å². The van der Waals surface area contributed by atoms with Crippen molar-refractivity contribution in [3.05, 3.63) is 0 Å². The van der Waals surface area contributed by atoms with Crippen molar-refractivity contribution in [3.8, 4) is 0 Å². The summed E-state index contributed by atoms with van der Waals surface area (Å²) in [6.45, 7) is 10.3. The molecule has 1 spiro atoms. The largest absolute Gasteiger partial charge is 0.393 e. The molecule has 5 heteroatoms. The van der Waals surface area contributed by atoms with Crippen LogP contribution in [0.1, 0.15) is 79.1 Å². The van der Waals surface area contributed by atoms with Crippen molar-refractivity contribution in [2.24, 2.45) is 52.3 Å². The fourth-order valence-corrected chi connectivity index (χ4v) is 10.3. The van der Waals surface area contributed by atoms with Gasteiger partial charge < -0.3 is 24.8 Å². The molecule has 32 heavy (non-hydrogen) atoms. The van der Waals surface area contributed by atoms with E-state index >= 15 is 0 Å². The van der Waals surface area contributed by atoms with Crippen molar-refractivity contribution < 1.29 is 24.8 Å². The first-order valence-corrected chi connectivity index (χ1v) is 13.4. The molecule has 0 amide bonds. The van der Waals surface area contributed by atoms with Gasteiger partial charge in [0.2, 0.25) is 0 Å². The molecule has 4 saturated carbocycles. The Morgan fingerprint density at radius 2 is 1.56 bits per heavy atom. The third kappa shape index (κ3) is 2.81. The molecule has 0 bridgehead atoms. The molecule has 2 saturated heterocycles. The molecular formula is C27H44O5. The van der Waals surface area contributed by atoms with Gasteiger partial charge in [0.15, 0.2) is 5.79 Å². The normalized spacial score (nSPS) is 64.0. The van der Waals surface area contributed by atoms with Crippen LogP contribution in [-0.2, 0) is 9.47 Å². The van der Waals surface area contributed by atoms with E-state index in [2.05, 4.69) is 27.7 Å². The van der Waals surface area contributed by atoms with E-state index in [0.717, 1.165) is 25.9 Å². The van der Waals surface area contributed by atoms with Gasteiger partial charge in [-0.1, -0.05) is 27.7 Å². The smallest absolute Gasteiger partial charge is 0.171 e. The Kier molecular flexibility index (Phi) is 4.99. The van der Waals surface area contributed by atoms with Gasteiger partial charge in [-0.2, -0.15) is 0 Å². The molecule has 0 aromatic rings. The van der Waals surface area contributed by atoms with Crippen molar-refractivity contribution in [1.29, 1.82) is 0 Å². The van der Waals surface area contributed by atoms with Gasteiger partial charge in [0.25, 0.3) is 0 Å². The maximum Gasteiger partial charge on any atom is 0.171 e. The summed E-state index contributed by atoms with van der Waals surface area (Å²) < 4.78 is 13.3. The zero-order valence-electron chi connectivity index (χ0n) is 20.4. The van der Waals surface area contributed by atoms with Gasteiger partial charge in [-0.25, -0.2) is 0 Å². The van der Waals surface area contributed by atoms with Crippen LogP contribution in [0.5, 0.6) is 0 Å². The number of hydrogen-bond donors (Lipinski definition) is 3. The van der Waals surface area contributed by atoms with Crippen LogP contribution in [0.25, 0.3) is 0 Å². The molecule has 0 radical (unpaired) electrons. The molecule has 14 atom stereocenters. The minimum Gasteiger partial charge on any atom is -0.393 e.